The topological polar surface area (TPSA) is 37.4 Å². The van der Waals surface area contributed by atoms with Crippen LogP contribution in [0.4, 0.5) is 0 Å². The van der Waals surface area contributed by atoms with Crippen LogP contribution >= 0.6 is 0 Å². The standard InChI is InChI=1S/C14H21NO2S/c1-3-13-8-6-10-15(11-13)18(16,17)14-9-5-4-7-12(14)2/h4-5,7,9,13H,3,6,8,10-11H2,1-2H3. The van der Waals surface area contributed by atoms with Crippen molar-refractivity contribution in [2.45, 2.75) is 38.0 Å². The number of rotatable bonds is 3. The molecule has 1 aliphatic heterocycles. The summed E-state index contributed by atoms with van der Waals surface area (Å²) in [6, 6.07) is 7.23. The van der Waals surface area contributed by atoms with E-state index in [-0.39, 0.29) is 0 Å². The van der Waals surface area contributed by atoms with Crippen LogP contribution in [0.3, 0.4) is 0 Å². The maximum Gasteiger partial charge on any atom is 0.243 e. The molecule has 0 bridgehead atoms. The lowest BCUT2D eigenvalue weighted by molar-refractivity contribution is 0.261. The maximum absolute atomic E-state index is 12.6. The van der Waals surface area contributed by atoms with E-state index in [1.54, 1.807) is 16.4 Å². The van der Waals surface area contributed by atoms with Crippen LogP contribution in [0.15, 0.2) is 29.2 Å². The van der Waals surface area contributed by atoms with Gasteiger partial charge in [-0.25, -0.2) is 8.42 Å². The zero-order valence-electron chi connectivity index (χ0n) is 11.1. The molecule has 1 saturated heterocycles. The molecule has 1 fully saturated rings. The molecule has 1 heterocycles. The minimum absolute atomic E-state index is 0.460. The first-order valence-corrected chi connectivity index (χ1v) is 8.05. The van der Waals surface area contributed by atoms with Gasteiger partial charge in [0.1, 0.15) is 0 Å². The van der Waals surface area contributed by atoms with E-state index in [4.69, 9.17) is 0 Å². The van der Waals surface area contributed by atoms with Crippen molar-refractivity contribution >= 4 is 10.0 Å². The van der Waals surface area contributed by atoms with Gasteiger partial charge in [-0.05, 0) is 37.3 Å². The molecule has 4 heteroatoms. The van der Waals surface area contributed by atoms with Crippen LogP contribution in [-0.2, 0) is 10.0 Å². The summed E-state index contributed by atoms with van der Waals surface area (Å²) >= 11 is 0. The normalized spacial score (nSPS) is 22.0. The molecule has 2 rings (SSSR count). The van der Waals surface area contributed by atoms with Gasteiger partial charge < -0.3 is 0 Å². The molecule has 0 aromatic heterocycles. The van der Waals surface area contributed by atoms with Crippen molar-refractivity contribution in [1.29, 1.82) is 0 Å². The van der Waals surface area contributed by atoms with Gasteiger partial charge in [0, 0.05) is 13.1 Å². The fourth-order valence-corrected chi connectivity index (χ4v) is 4.34. The highest BCUT2D eigenvalue weighted by Gasteiger charge is 2.30. The molecule has 100 valence electrons. The van der Waals surface area contributed by atoms with E-state index in [1.165, 1.54) is 0 Å². The summed E-state index contributed by atoms with van der Waals surface area (Å²) in [6.45, 7) is 5.32. The zero-order valence-corrected chi connectivity index (χ0v) is 11.9. The fourth-order valence-electron chi connectivity index (χ4n) is 2.56. The minimum Gasteiger partial charge on any atom is -0.207 e. The summed E-state index contributed by atoms with van der Waals surface area (Å²) in [7, 11) is -3.30. The van der Waals surface area contributed by atoms with Gasteiger partial charge in [-0.1, -0.05) is 31.5 Å². The molecule has 1 aromatic carbocycles. The van der Waals surface area contributed by atoms with Crippen molar-refractivity contribution in [3.8, 4) is 0 Å². The van der Waals surface area contributed by atoms with Crippen molar-refractivity contribution in [1.82, 2.24) is 4.31 Å². The Morgan fingerprint density at radius 2 is 2.06 bits per heavy atom. The summed E-state index contributed by atoms with van der Waals surface area (Å²) in [5.74, 6) is 0.512. The largest absolute Gasteiger partial charge is 0.243 e. The fraction of sp³-hybridized carbons (Fsp3) is 0.571. The van der Waals surface area contributed by atoms with Crippen LogP contribution in [0.25, 0.3) is 0 Å². The Bertz CT molecular complexity index is 510. The molecule has 0 radical (unpaired) electrons. The van der Waals surface area contributed by atoms with Crippen molar-refractivity contribution in [3.05, 3.63) is 29.8 Å². The van der Waals surface area contributed by atoms with Gasteiger partial charge in [-0.15, -0.1) is 0 Å². The van der Waals surface area contributed by atoms with E-state index in [2.05, 4.69) is 6.92 Å². The third kappa shape index (κ3) is 2.59. The van der Waals surface area contributed by atoms with Crippen LogP contribution in [0.1, 0.15) is 31.7 Å². The number of sulfonamides is 1. The Morgan fingerprint density at radius 1 is 1.33 bits per heavy atom. The molecule has 0 aliphatic carbocycles. The Kier molecular flexibility index (Phi) is 4.07. The van der Waals surface area contributed by atoms with Crippen LogP contribution in [0.5, 0.6) is 0 Å². The van der Waals surface area contributed by atoms with Gasteiger partial charge >= 0.3 is 0 Å². The average molecular weight is 267 g/mol. The first-order valence-electron chi connectivity index (χ1n) is 6.61. The van der Waals surface area contributed by atoms with Crippen LogP contribution in [0.2, 0.25) is 0 Å². The van der Waals surface area contributed by atoms with Crippen LogP contribution in [-0.4, -0.2) is 25.8 Å². The van der Waals surface area contributed by atoms with Gasteiger partial charge in [-0.2, -0.15) is 4.31 Å². The molecule has 0 spiro atoms. The smallest absolute Gasteiger partial charge is 0.207 e. The van der Waals surface area contributed by atoms with Gasteiger partial charge in [0.25, 0.3) is 0 Å². The van der Waals surface area contributed by atoms with Crippen molar-refractivity contribution < 1.29 is 8.42 Å². The second-order valence-corrected chi connectivity index (χ2v) is 6.95. The molecule has 1 aliphatic rings. The summed E-state index contributed by atoms with van der Waals surface area (Å²) in [6.07, 6.45) is 3.18. The lowest BCUT2D eigenvalue weighted by Crippen LogP contribution is -2.39. The van der Waals surface area contributed by atoms with Crippen molar-refractivity contribution in [2.24, 2.45) is 5.92 Å². The van der Waals surface area contributed by atoms with E-state index in [0.717, 1.165) is 24.8 Å². The summed E-state index contributed by atoms with van der Waals surface area (Å²) < 4.78 is 26.9. The number of benzene rings is 1. The molecule has 1 aromatic rings. The SMILES string of the molecule is CCC1CCCN(S(=O)(=O)c2ccccc2C)C1. The Labute approximate surface area is 110 Å². The highest BCUT2D eigenvalue weighted by atomic mass is 32.2. The molecular formula is C14H21NO2S. The summed E-state index contributed by atoms with van der Waals surface area (Å²) in [5, 5.41) is 0. The average Bonchev–Trinajstić information content (AvgIpc) is 2.39. The molecule has 1 atom stereocenters. The lowest BCUT2D eigenvalue weighted by atomic mass is 9.97. The molecule has 0 saturated carbocycles. The van der Waals surface area contributed by atoms with Gasteiger partial charge in [0.2, 0.25) is 10.0 Å². The number of piperidine rings is 1. The molecule has 18 heavy (non-hydrogen) atoms. The van der Waals surface area contributed by atoms with E-state index < -0.39 is 10.0 Å². The lowest BCUT2D eigenvalue weighted by Gasteiger charge is -2.31. The molecular weight excluding hydrogens is 246 g/mol. The first-order chi connectivity index (χ1) is 8.55. The van der Waals surface area contributed by atoms with Gasteiger partial charge in [0.05, 0.1) is 4.90 Å². The molecule has 1 unspecified atom stereocenters. The number of hydrogen-bond donors (Lipinski definition) is 0. The van der Waals surface area contributed by atoms with Crippen molar-refractivity contribution in [2.75, 3.05) is 13.1 Å². The summed E-state index contributed by atoms with van der Waals surface area (Å²) in [4.78, 5) is 0.460. The number of aryl methyl sites for hydroxylation is 1. The Hall–Kier alpha value is -0.870. The quantitative estimate of drug-likeness (QED) is 0.844. The predicted molar refractivity (Wildman–Crippen MR) is 73.0 cm³/mol. The summed E-state index contributed by atoms with van der Waals surface area (Å²) in [5.41, 5.74) is 0.830. The third-order valence-corrected chi connectivity index (χ3v) is 5.80. The minimum atomic E-state index is -3.30. The van der Waals surface area contributed by atoms with Gasteiger partial charge in [-0.3, -0.25) is 0 Å². The highest BCUT2D eigenvalue weighted by molar-refractivity contribution is 7.89. The van der Waals surface area contributed by atoms with Crippen LogP contribution < -0.4 is 0 Å². The van der Waals surface area contributed by atoms with Gasteiger partial charge in [0.15, 0.2) is 0 Å². The zero-order chi connectivity index (χ0) is 13.2. The second-order valence-electron chi connectivity index (χ2n) is 5.05. The number of nitrogens with zero attached hydrogens (tertiary/aromatic N) is 1. The van der Waals surface area contributed by atoms with Crippen LogP contribution in [0, 0.1) is 12.8 Å². The number of hydrogen-bond acceptors (Lipinski definition) is 2. The van der Waals surface area contributed by atoms with E-state index >= 15 is 0 Å². The third-order valence-electron chi connectivity index (χ3n) is 3.77. The molecule has 0 amide bonds. The second kappa shape index (κ2) is 5.41. The molecule has 0 N–H and O–H groups in total. The first kappa shape index (κ1) is 13.6. The monoisotopic (exact) mass is 267 g/mol. The maximum atomic E-state index is 12.6. The highest BCUT2D eigenvalue weighted by Crippen LogP contribution is 2.26. The Balaban J connectivity index is 2.29. The predicted octanol–water partition coefficient (Wildman–Crippen LogP) is 2.81. The van der Waals surface area contributed by atoms with E-state index in [9.17, 15) is 8.42 Å². The Morgan fingerprint density at radius 3 is 2.72 bits per heavy atom. The molecule has 3 nitrogen and oxygen atoms in total. The van der Waals surface area contributed by atoms with E-state index in [0.29, 0.717) is 23.9 Å². The van der Waals surface area contributed by atoms with Crippen molar-refractivity contribution in [3.63, 3.8) is 0 Å². The van der Waals surface area contributed by atoms with E-state index in [1.807, 2.05) is 19.1 Å².